The molecule has 1 aliphatic rings. The van der Waals surface area contributed by atoms with Gasteiger partial charge in [0.15, 0.2) is 6.61 Å². The number of carbonyl (C=O) groups is 1. The fraction of sp³-hybridized carbons (Fsp3) is 0.364. The molecule has 0 saturated heterocycles. The van der Waals surface area contributed by atoms with Crippen LogP contribution in [0, 0.1) is 6.92 Å². The fourth-order valence-corrected chi connectivity index (χ4v) is 3.23. The first kappa shape index (κ1) is 14.1. The highest BCUT2D eigenvalue weighted by Gasteiger charge is 2.23. The molecule has 1 aliphatic heterocycles. The number of ether oxygens (including phenoxy) is 1. The third kappa shape index (κ3) is 2.99. The van der Waals surface area contributed by atoms with Gasteiger partial charge in [-0.2, -0.15) is 0 Å². The molecule has 0 radical (unpaired) electrons. The summed E-state index contributed by atoms with van der Waals surface area (Å²) in [5, 5.41) is 2.62. The summed E-state index contributed by atoms with van der Waals surface area (Å²) in [6.07, 6.45) is 0. The van der Waals surface area contributed by atoms with Crippen LogP contribution in [0.5, 0.6) is 5.75 Å². The van der Waals surface area contributed by atoms with Crippen molar-refractivity contribution in [2.24, 2.45) is 0 Å². The second-order valence-electron chi connectivity index (χ2n) is 4.04. The Morgan fingerprint density at radius 3 is 2.89 bits per heavy atom. The number of hydrogen-bond donors (Lipinski definition) is 2. The van der Waals surface area contributed by atoms with Crippen LogP contribution >= 0.6 is 11.6 Å². The van der Waals surface area contributed by atoms with Crippen LogP contribution in [0.2, 0.25) is 0 Å². The van der Waals surface area contributed by atoms with Crippen LogP contribution in [0.4, 0.5) is 5.69 Å². The molecule has 2 N–H and O–H groups in total. The van der Waals surface area contributed by atoms with Crippen molar-refractivity contribution in [2.45, 2.75) is 11.8 Å². The van der Waals surface area contributed by atoms with Crippen LogP contribution in [0.3, 0.4) is 0 Å². The molecule has 0 atom stereocenters. The summed E-state index contributed by atoms with van der Waals surface area (Å²) in [5.41, 5.74) is 0.997. The molecule has 1 aromatic carbocycles. The molecule has 0 aromatic heterocycles. The maximum absolute atomic E-state index is 12.0. The van der Waals surface area contributed by atoms with E-state index in [4.69, 9.17) is 16.3 Å². The van der Waals surface area contributed by atoms with Crippen LogP contribution in [-0.2, 0) is 14.8 Å². The number of anilines is 1. The van der Waals surface area contributed by atoms with Gasteiger partial charge >= 0.3 is 0 Å². The minimum Gasteiger partial charge on any atom is -0.482 e. The molecule has 0 aliphatic carbocycles. The Labute approximate surface area is 116 Å². The largest absolute Gasteiger partial charge is 0.482 e. The van der Waals surface area contributed by atoms with Crippen molar-refractivity contribution in [1.29, 1.82) is 0 Å². The Hall–Kier alpha value is -1.31. The number of alkyl halides is 1. The minimum atomic E-state index is -3.63. The van der Waals surface area contributed by atoms with E-state index in [1.54, 1.807) is 13.0 Å². The van der Waals surface area contributed by atoms with E-state index in [2.05, 4.69) is 10.0 Å². The van der Waals surface area contributed by atoms with Crippen molar-refractivity contribution in [2.75, 3.05) is 24.3 Å². The van der Waals surface area contributed by atoms with E-state index in [0.717, 1.165) is 0 Å². The summed E-state index contributed by atoms with van der Waals surface area (Å²) in [7, 11) is -3.63. The number of sulfonamides is 1. The quantitative estimate of drug-likeness (QED) is 0.807. The second-order valence-corrected chi connectivity index (χ2v) is 6.15. The van der Waals surface area contributed by atoms with E-state index in [9.17, 15) is 13.2 Å². The average molecular weight is 305 g/mol. The third-order valence-electron chi connectivity index (χ3n) is 2.59. The molecule has 0 saturated carbocycles. The zero-order valence-corrected chi connectivity index (χ0v) is 11.8. The number of nitrogens with one attached hydrogen (secondary N) is 2. The second kappa shape index (κ2) is 5.36. The highest BCUT2D eigenvalue weighted by Crippen LogP contribution is 2.32. The number of amides is 1. The zero-order valence-electron chi connectivity index (χ0n) is 10.2. The molecule has 104 valence electrons. The van der Waals surface area contributed by atoms with Crippen LogP contribution in [-0.4, -0.2) is 33.4 Å². The van der Waals surface area contributed by atoms with Gasteiger partial charge in [-0.1, -0.05) is 0 Å². The van der Waals surface area contributed by atoms with E-state index in [0.29, 0.717) is 17.0 Å². The van der Waals surface area contributed by atoms with Crippen molar-refractivity contribution < 1.29 is 17.9 Å². The molecule has 0 spiro atoms. The first-order valence-corrected chi connectivity index (χ1v) is 7.59. The van der Waals surface area contributed by atoms with E-state index in [1.807, 2.05) is 0 Å². The molecule has 0 bridgehead atoms. The molecule has 19 heavy (non-hydrogen) atoms. The lowest BCUT2D eigenvalue weighted by Crippen LogP contribution is -2.28. The van der Waals surface area contributed by atoms with Crippen molar-refractivity contribution in [3.8, 4) is 5.75 Å². The van der Waals surface area contributed by atoms with Gasteiger partial charge in [0.1, 0.15) is 5.75 Å². The van der Waals surface area contributed by atoms with Crippen LogP contribution in [0.25, 0.3) is 0 Å². The Bertz CT molecular complexity index is 615. The van der Waals surface area contributed by atoms with E-state index >= 15 is 0 Å². The Morgan fingerprint density at radius 1 is 1.47 bits per heavy atom. The van der Waals surface area contributed by atoms with Gasteiger partial charge in [0.05, 0.1) is 10.6 Å². The zero-order chi connectivity index (χ0) is 14.0. The Morgan fingerprint density at radius 2 is 2.21 bits per heavy atom. The number of fused-ring (bicyclic) bond motifs is 1. The Balaban J connectivity index is 2.40. The number of hydrogen-bond acceptors (Lipinski definition) is 4. The maximum Gasteiger partial charge on any atom is 0.262 e. The predicted octanol–water partition coefficient (Wildman–Crippen LogP) is 0.843. The summed E-state index contributed by atoms with van der Waals surface area (Å²) in [6, 6.07) is 2.97. The summed E-state index contributed by atoms with van der Waals surface area (Å²) >= 11 is 5.47. The summed E-state index contributed by atoms with van der Waals surface area (Å²) in [5.74, 6) is 0.273. The highest BCUT2D eigenvalue weighted by molar-refractivity contribution is 7.89. The van der Waals surface area contributed by atoms with Crippen molar-refractivity contribution in [3.63, 3.8) is 0 Å². The molecule has 0 fully saturated rings. The molecule has 0 unspecified atom stereocenters. The number of carbonyl (C=O) groups excluding carboxylic acids is 1. The molecule has 1 amide bonds. The SMILES string of the molecule is Cc1cc2c(cc1S(=O)(=O)NCCCl)OCC(=O)N2. The van der Waals surface area contributed by atoms with Gasteiger partial charge in [0.25, 0.3) is 5.91 Å². The monoisotopic (exact) mass is 304 g/mol. The third-order valence-corrected chi connectivity index (χ3v) is 4.38. The molecule has 1 heterocycles. The number of benzene rings is 1. The number of rotatable bonds is 4. The van der Waals surface area contributed by atoms with E-state index in [1.165, 1.54) is 6.07 Å². The lowest BCUT2D eigenvalue weighted by atomic mass is 10.2. The van der Waals surface area contributed by atoms with Crippen molar-refractivity contribution >= 4 is 33.2 Å². The topological polar surface area (TPSA) is 84.5 Å². The molecule has 1 aromatic rings. The summed E-state index contributed by atoms with van der Waals surface area (Å²) < 4.78 is 31.7. The smallest absolute Gasteiger partial charge is 0.262 e. The standard InChI is InChI=1S/C11H13ClN2O4S/c1-7-4-8-9(18-6-11(15)14-8)5-10(7)19(16,17)13-3-2-12/h4-5,13H,2-3,6H2,1H3,(H,14,15). The summed E-state index contributed by atoms with van der Waals surface area (Å²) in [6.45, 7) is 1.68. The molecule has 2 rings (SSSR count). The normalized spacial score (nSPS) is 14.5. The Kier molecular flexibility index (Phi) is 3.98. The minimum absolute atomic E-state index is 0.118. The average Bonchev–Trinajstić information content (AvgIpc) is 2.35. The van der Waals surface area contributed by atoms with E-state index in [-0.39, 0.29) is 29.8 Å². The van der Waals surface area contributed by atoms with Crippen LogP contribution in [0.15, 0.2) is 17.0 Å². The van der Waals surface area contributed by atoms with Crippen molar-refractivity contribution in [1.82, 2.24) is 4.72 Å². The molecular formula is C11H13ClN2O4S. The molecular weight excluding hydrogens is 292 g/mol. The highest BCUT2D eigenvalue weighted by atomic mass is 35.5. The van der Waals surface area contributed by atoms with Crippen LogP contribution in [0.1, 0.15) is 5.56 Å². The van der Waals surface area contributed by atoms with Gasteiger partial charge in [0.2, 0.25) is 10.0 Å². The lowest BCUT2D eigenvalue weighted by molar-refractivity contribution is -0.118. The molecule has 6 nitrogen and oxygen atoms in total. The first-order chi connectivity index (χ1) is 8.94. The number of halogens is 1. The van der Waals surface area contributed by atoms with Gasteiger partial charge < -0.3 is 10.1 Å². The van der Waals surface area contributed by atoms with Gasteiger partial charge in [-0.25, -0.2) is 13.1 Å². The van der Waals surface area contributed by atoms with Crippen LogP contribution < -0.4 is 14.8 Å². The summed E-state index contributed by atoms with van der Waals surface area (Å²) in [4.78, 5) is 11.3. The van der Waals surface area contributed by atoms with E-state index < -0.39 is 10.0 Å². The maximum atomic E-state index is 12.0. The lowest BCUT2D eigenvalue weighted by Gasteiger charge is -2.20. The predicted molar refractivity (Wildman–Crippen MR) is 71.2 cm³/mol. The van der Waals surface area contributed by atoms with Gasteiger partial charge in [-0.15, -0.1) is 11.6 Å². The van der Waals surface area contributed by atoms with Gasteiger partial charge in [0, 0.05) is 18.5 Å². The van der Waals surface area contributed by atoms with Crippen molar-refractivity contribution in [3.05, 3.63) is 17.7 Å². The van der Waals surface area contributed by atoms with Gasteiger partial charge in [-0.3, -0.25) is 4.79 Å². The number of aryl methyl sites for hydroxylation is 1. The first-order valence-electron chi connectivity index (χ1n) is 5.57. The van der Waals surface area contributed by atoms with Gasteiger partial charge in [-0.05, 0) is 18.6 Å². The molecule has 8 heteroatoms. The fourth-order valence-electron chi connectivity index (χ4n) is 1.76.